The van der Waals surface area contributed by atoms with Gasteiger partial charge in [-0.15, -0.1) is 11.3 Å². The molecule has 2 aromatic heterocycles. The van der Waals surface area contributed by atoms with Crippen molar-refractivity contribution in [3.8, 4) is 34.2 Å². The van der Waals surface area contributed by atoms with Crippen LogP contribution in [0.25, 0.3) is 22.4 Å². The van der Waals surface area contributed by atoms with Gasteiger partial charge in [-0.1, -0.05) is 24.3 Å². The average molecular weight is 671 g/mol. The van der Waals surface area contributed by atoms with E-state index in [0.29, 0.717) is 44.3 Å². The average Bonchev–Trinajstić information content (AvgIpc) is 3.60. The van der Waals surface area contributed by atoms with Crippen molar-refractivity contribution >= 4 is 40.7 Å². The topological polar surface area (TPSA) is 155 Å². The number of aromatic nitrogens is 1. The lowest BCUT2D eigenvalue weighted by Crippen LogP contribution is -2.38. The number of nitrogens with zero attached hydrogens (tertiary/aromatic N) is 3. The molecular weight excluding hydrogens is 632 g/mol. The Balaban J connectivity index is 1.76. The molecule has 4 rings (SSSR count). The molecule has 0 spiro atoms. The number of para-hydroxylation sites is 1. The smallest absolute Gasteiger partial charge is 0.407 e. The monoisotopic (exact) mass is 670 g/mol. The lowest BCUT2D eigenvalue weighted by atomic mass is 9.95. The Morgan fingerprint density at radius 1 is 0.958 bits per heavy atom. The van der Waals surface area contributed by atoms with Crippen molar-refractivity contribution in [2.24, 2.45) is 0 Å². The summed E-state index contributed by atoms with van der Waals surface area (Å²) in [6.07, 6.45) is -0.582. The Morgan fingerprint density at radius 2 is 1.71 bits per heavy atom. The van der Waals surface area contributed by atoms with E-state index in [0.717, 1.165) is 0 Å². The second-order valence-corrected chi connectivity index (χ2v) is 12.6. The molecule has 0 bridgehead atoms. The summed E-state index contributed by atoms with van der Waals surface area (Å²) < 4.78 is 16.1. The number of carbonyl (C=O) groups is 3. The third kappa shape index (κ3) is 9.09. The molecule has 0 radical (unpaired) electrons. The molecule has 0 atom stereocenters. The summed E-state index contributed by atoms with van der Waals surface area (Å²) in [5.41, 5.74) is 2.45. The van der Waals surface area contributed by atoms with Crippen LogP contribution in [0.4, 0.5) is 16.3 Å². The van der Waals surface area contributed by atoms with E-state index in [4.69, 9.17) is 19.2 Å². The molecule has 0 aliphatic rings. The number of ether oxygens (including phenoxy) is 3. The lowest BCUT2D eigenvalue weighted by Gasteiger charge is -2.20. The molecule has 0 saturated heterocycles. The van der Waals surface area contributed by atoms with Gasteiger partial charge in [0.25, 0.3) is 11.8 Å². The minimum atomic E-state index is -0.644. The molecule has 0 aliphatic carbocycles. The Hall–Kier alpha value is -5.45. The lowest BCUT2D eigenvalue weighted by molar-refractivity contribution is 0.0514. The number of hydrogen-bond acceptors (Lipinski definition) is 10. The SMILES string of the molecule is COCOc1ccccc1-c1cc(-c2ccc(N(C)C)c(C(=O)NCCNC(=O)OC(C)(C)C)c2)c(C#N)c(NC(=O)c2cccs2)n1. The van der Waals surface area contributed by atoms with Crippen LogP contribution in [-0.4, -0.2) is 69.6 Å². The highest BCUT2D eigenvalue weighted by molar-refractivity contribution is 7.12. The van der Waals surface area contributed by atoms with Crippen LogP contribution in [0.5, 0.6) is 5.75 Å². The number of hydrogen-bond donors (Lipinski definition) is 3. The quantitative estimate of drug-likeness (QED) is 0.123. The van der Waals surface area contributed by atoms with E-state index in [2.05, 4.69) is 22.0 Å². The predicted molar refractivity (Wildman–Crippen MR) is 185 cm³/mol. The summed E-state index contributed by atoms with van der Waals surface area (Å²) in [5, 5.41) is 20.5. The molecule has 13 heteroatoms. The van der Waals surface area contributed by atoms with Gasteiger partial charge in [-0.25, -0.2) is 9.78 Å². The molecule has 3 amide bonds. The Morgan fingerprint density at radius 3 is 2.38 bits per heavy atom. The summed E-state index contributed by atoms with van der Waals surface area (Å²) in [4.78, 5) is 45.7. The van der Waals surface area contributed by atoms with E-state index in [1.807, 2.05) is 32.3 Å². The fourth-order valence-electron chi connectivity index (χ4n) is 4.64. The van der Waals surface area contributed by atoms with E-state index >= 15 is 0 Å². The molecule has 4 aromatic rings. The number of nitriles is 1. The van der Waals surface area contributed by atoms with E-state index in [-0.39, 0.29) is 37.2 Å². The van der Waals surface area contributed by atoms with Crippen LogP contribution in [0.1, 0.15) is 46.4 Å². The van der Waals surface area contributed by atoms with Crippen LogP contribution in [-0.2, 0) is 9.47 Å². The molecule has 3 N–H and O–H groups in total. The van der Waals surface area contributed by atoms with E-state index in [1.165, 1.54) is 18.4 Å². The maximum Gasteiger partial charge on any atom is 0.407 e. The highest BCUT2D eigenvalue weighted by atomic mass is 32.1. The third-order valence-corrected chi connectivity index (χ3v) is 7.58. The fourth-order valence-corrected chi connectivity index (χ4v) is 5.26. The van der Waals surface area contributed by atoms with Gasteiger partial charge in [0.05, 0.1) is 16.1 Å². The number of benzene rings is 2. The summed E-state index contributed by atoms with van der Waals surface area (Å²) in [7, 11) is 5.15. The van der Waals surface area contributed by atoms with Crippen LogP contribution >= 0.6 is 11.3 Å². The first kappa shape index (κ1) is 35.4. The zero-order valence-corrected chi connectivity index (χ0v) is 28.5. The third-order valence-electron chi connectivity index (χ3n) is 6.72. The molecular formula is C35H38N6O6S. The number of carbonyl (C=O) groups excluding carboxylic acids is 3. The predicted octanol–water partition coefficient (Wildman–Crippen LogP) is 5.90. The number of amides is 3. The zero-order valence-electron chi connectivity index (χ0n) is 27.7. The van der Waals surface area contributed by atoms with Gasteiger partial charge in [-0.3, -0.25) is 9.59 Å². The minimum Gasteiger partial charge on any atom is -0.467 e. The van der Waals surface area contributed by atoms with E-state index in [9.17, 15) is 19.6 Å². The molecule has 250 valence electrons. The molecule has 0 unspecified atom stereocenters. The second kappa shape index (κ2) is 15.9. The van der Waals surface area contributed by atoms with Crippen LogP contribution in [0.15, 0.2) is 66.0 Å². The van der Waals surface area contributed by atoms with Crippen LogP contribution in [0.3, 0.4) is 0 Å². The molecule has 2 heterocycles. The largest absolute Gasteiger partial charge is 0.467 e. The fraction of sp³-hybridized carbons (Fsp3) is 0.286. The first-order chi connectivity index (χ1) is 22.9. The summed E-state index contributed by atoms with van der Waals surface area (Å²) in [5.74, 6) is -0.255. The van der Waals surface area contributed by atoms with Crippen LogP contribution in [0.2, 0.25) is 0 Å². The zero-order chi connectivity index (χ0) is 34.8. The first-order valence-corrected chi connectivity index (χ1v) is 15.9. The standard InChI is InChI=1S/C35H38N6O6S/c1-35(2,3)47-34(44)38-16-15-37-32(42)25-18-22(13-14-28(25)41(4)5)24-19-27(23-10-7-8-11-29(23)46-21-45-6)39-31(26(24)20-36)40-33(43)30-12-9-17-48-30/h7-14,17-19H,15-16,21H2,1-6H3,(H,37,42)(H,38,44)(H,39,40,43). The maximum atomic E-state index is 13.5. The van der Waals surface area contributed by atoms with Gasteiger partial charge < -0.3 is 35.1 Å². The Bertz CT molecular complexity index is 1810. The molecule has 12 nitrogen and oxygen atoms in total. The minimum absolute atomic E-state index is 0.000115. The van der Waals surface area contributed by atoms with Gasteiger partial charge >= 0.3 is 6.09 Å². The second-order valence-electron chi connectivity index (χ2n) is 11.7. The van der Waals surface area contributed by atoms with Gasteiger partial charge in [0, 0.05) is 51.1 Å². The first-order valence-electron chi connectivity index (χ1n) is 15.0. The number of thiophene rings is 1. The van der Waals surface area contributed by atoms with Crippen molar-refractivity contribution in [3.05, 3.63) is 82.0 Å². The summed E-state index contributed by atoms with van der Waals surface area (Å²) >= 11 is 1.26. The Kier molecular flexibility index (Phi) is 11.7. The van der Waals surface area contributed by atoms with E-state index < -0.39 is 17.6 Å². The summed E-state index contributed by atoms with van der Waals surface area (Å²) in [6.45, 7) is 5.60. The maximum absolute atomic E-state index is 13.5. The van der Waals surface area contributed by atoms with Gasteiger partial charge in [-0.05, 0) is 68.1 Å². The van der Waals surface area contributed by atoms with Gasteiger partial charge in [0.2, 0.25) is 0 Å². The number of alkyl carbamates (subject to hydrolysis) is 1. The molecule has 0 fully saturated rings. The van der Waals surface area contributed by atoms with Crippen molar-refractivity contribution in [2.75, 3.05) is 51.3 Å². The van der Waals surface area contributed by atoms with Crippen molar-refractivity contribution < 1.29 is 28.6 Å². The number of nitrogens with one attached hydrogen (secondary N) is 3. The number of anilines is 2. The normalized spacial score (nSPS) is 10.9. The van der Waals surface area contributed by atoms with E-state index in [1.54, 1.807) is 73.5 Å². The highest BCUT2D eigenvalue weighted by Crippen LogP contribution is 2.37. The number of methoxy groups -OCH3 is 1. The Labute approximate surface area is 283 Å². The van der Waals surface area contributed by atoms with Gasteiger partial charge in [0.1, 0.15) is 23.0 Å². The highest BCUT2D eigenvalue weighted by Gasteiger charge is 2.22. The van der Waals surface area contributed by atoms with Crippen molar-refractivity contribution in [1.82, 2.24) is 15.6 Å². The molecule has 2 aromatic carbocycles. The molecule has 48 heavy (non-hydrogen) atoms. The number of rotatable bonds is 12. The van der Waals surface area contributed by atoms with Crippen LogP contribution in [0, 0.1) is 11.3 Å². The van der Waals surface area contributed by atoms with Crippen LogP contribution < -0.4 is 25.6 Å². The van der Waals surface area contributed by atoms with Gasteiger partial charge in [0.15, 0.2) is 12.6 Å². The van der Waals surface area contributed by atoms with Crippen molar-refractivity contribution in [2.45, 2.75) is 26.4 Å². The van der Waals surface area contributed by atoms with Crippen molar-refractivity contribution in [3.63, 3.8) is 0 Å². The number of pyridine rings is 1. The molecule has 0 aliphatic heterocycles. The summed E-state index contributed by atoms with van der Waals surface area (Å²) in [6, 6.07) is 19.9. The van der Waals surface area contributed by atoms with Gasteiger partial charge in [-0.2, -0.15) is 5.26 Å². The molecule has 0 saturated carbocycles. The van der Waals surface area contributed by atoms with Crippen molar-refractivity contribution in [1.29, 1.82) is 5.26 Å².